The van der Waals surface area contributed by atoms with Crippen LogP contribution in [0, 0.1) is 5.82 Å². The maximum absolute atomic E-state index is 13.7. The van der Waals surface area contributed by atoms with Crippen molar-refractivity contribution in [2.45, 2.75) is 18.4 Å². The van der Waals surface area contributed by atoms with Gasteiger partial charge in [0.1, 0.15) is 5.82 Å². The highest BCUT2D eigenvalue weighted by atomic mass is 32.2. The molecule has 0 aliphatic rings. The first kappa shape index (κ1) is 15.4. The lowest BCUT2D eigenvalue weighted by atomic mass is 10.2. The van der Waals surface area contributed by atoms with Crippen LogP contribution in [0.15, 0.2) is 47.4 Å². The number of hydrogen-bond donors (Lipinski definition) is 2. The van der Waals surface area contributed by atoms with Gasteiger partial charge in [0.2, 0.25) is 5.91 Å². The molecule has 0 saturated heterocycles. The lowest BCUT2D eigenvalue weighted by Gasteiger charge is -2.10. The Balaban J connectivity index is 2.05. The van der Waals surface area contributed by atoms with Gasteiger partial charge in [-0.05, 0) is 42.2 Å². The fraction of sp³-hybridized carbons (Fsp3) is 0.188. The monoisotopic (exact) mass is 304 g/mol. The van der Waals surface area contributed by atoms with E-state index in [1.54, 1.807) is 17.8 Å². The number of halogens is 1. The number of rotatable bonds is 5. The zero-order valence-electron chi connectivity index (χ0n) is 11.9. The Kier molecular flexibility index (Phi) is 5.22. The topological polar surface area (TPSA) is 41.1 Å². The Hall–Kier alpha value is -2.01. The van der Waals surface area contributed by atoms with Crippen molar-refractivity contribution in [3.8, 4) is 0 Å². The van der Waals surface area contributed by atoms with Crippen molar-refractivity contribution in [1.82, 2.24) is 0 Å². The molecule has 0 fully saturated rings. The Morgan fingerprint density at radius 2 is 1.90 bits per heavy atom. The van der Waals surface area contributed by atoms with Crippen molar-refractivity contribution in [2.75, 3.05) is 16.9 Å². The molecule has 0 atom stereocenters. The summed E-state index contributed by atoms with van der Waals surface area (Å²) in [4.78, 5) is 12.2. The van der Waals surface area contributed by atoms with Gasteiger partial charge in [-0.1, -0.05) is 12.1 Å². The molecule has 1 amide bonds. The Morgan fingerprint density at radius 3 is 2.52 bits per heavy atom. The zero-order valence-corrected chi connectivity index (χ0v) is 12.8. The maximum Gasteiger partial charge on any atom is 0.221 e. The van der Waals surface area contributed by atoms with Gasteiger partial charge in [0.25, 0.3) is 0 Å². The van der Waals surface area contributed by atoms with Gasteiger partial charge in [-0.2, -0.15) is 0 Å². The second-order valence-electron chi connectivity index (χ2n) is 4.58. The van der Waals surface area contributed by atoms with Crippen LogP contribution in [0.2, 0.25) is 0 Å². The van der Waals surface area contributed by atoms with Crippen LogP contribution in [0.25, 0.3) is 0 Å². The van der Waals surface area contributed by atoms with E-state index in [9.17, 15) is 9.18 Å². The highest BCUT2D eigenvalue weighted by Crippen LogP contribution is 2.21. The number of hydrogen-bond acceptors (Lipinski definition) is 3. The average molecular weight is 304 g/mol. The smallest absolute Gasteiger partial charge is 0.221 e. The van der Waals surface area contributed by atoms with Gasteiger partial charge in [-0.25, -0.2) is 4.39 Å². The fourth-order valence-corrected chi connectivity index (χ4v) is 2.29. The molecular formula is C16H17FN2OS. The molecule has 0 aliphatic heterocycles. The summed E-state index contributed by atoms with van der Waals surface area (Å²) in [6.07, 6.45) is 2.02. The second kappa shape index (κ2) is 7.13. The van der Waals surface area contributed by atoms with E-state index in [-0.39, 0.29) is 11.7 Å². The van der Waals surface area contributed by atoms with Gasteiger partial charge in [0, 0.05) is 24.1 Å². The maximum atomic E-state index is 13.7. The summed E-state index contributed by atoms with van der Waals surface area (Å²) in [7, 11) is 0. The summed E-state index contributed by atoms with van der Waals surface area (Å²) in [6, 6.07) is 12.5. The largest absolute Gasteiger partial charge is 0.379 e. The third-order valence-electron chi connectivity index (χ3n) is 2.93. The average Bonchev–Trinajstić information content (AvgIpc) is 2.48. The van der Waals surface area contributed by atoms with E-state index >= 15 is 0 Å². The van der Waals surface area contributed by atoms with Gasteiger partial charge >= 0.3 is 0 Å². The molecule has 0 aromatic heterocycles. The van der Waals surface area contributed by atoms with E-state index < -0.39 is 0 Å². The molecule has 2 N–H and O–H groups in total. The minimum atomic E-state index is -0.343. The first-order valence-electron chi connectivity index (χ1n) is 6.52. The lowest BCUT2D eigenvalue weighted by Crippen LogP contribution is -2.07. The number of anilines is 2. The minimum Gasteiger partial charge on any atom is -0.379 e. The molecule has 0 bridgehead atoms. The number of nitrogens with one attached hydrogen (secondary N) is 2. The molecule has 0 heterocycles. The van der Waals surface area contributed by atoms with E-state index in [2.05, 4.69) is 10.6 Å². The molecule has 0 saturated carbocycles. The predicted molar refractivity (Wildman–Crippen MR) is 86.3 cm³/mol. The molecule has 3 nitrogen and oxygen atoms in total. The number of carbonyl (C=O) groups excluding carboxylic acids is 1. The van der Waals surface area contributed by atoms with Crippen LogP contribution in [-0.4, -0.2) is 12.2 Å². The van der Waals surface area contributed by atoms with Gasteiger partial charge in [-0.3, -0.25) is 4.79 Å². The molecule has 2 aromatic carbocycles. The Morgan fingerprint density at radius 1 is 1.19 bits per heavy atom. The summed E-state index contributed by atoms with van der Waals surface area (Å²) in [5.41, 5.74) is 2.01. The molecule has 0 aliphatic carbocycles. The SMILES string of the molecule is CSc1ccc(CNc2cc(NC(C)=O)ccc2F)cc1. The van der Waals surface area contributed by atoms with Crippen molar-refractivity contribution >= 4 is 29.0 Å². The fourth-order valence-electron chi connectivity index (χ4n) is 1.88. The van der Waals surface area contributed by atoms with E-state index in [0.717, 1.165) is 5.56 Å². The summed E-state index contributed by atoms with van der Waals surface area (Å²) in [5, 5.41) is 5.68. The molecular weight excluding hydrogens is 287 g/mol. The van der Waals surface area contributed by atoms with Gasteiger partial charge in [0.15, 0.2) is 0 Å². The van der Waals surface area contributed by atoms with E-state index in [1.807, 2.05) is 30.5 Å². The summed E-state index contributed by atoms with van der Waals surface area (Å²) in [5.74, 6) is -0.523. The standard InChI is InChI=1S/C16H17FN2OS/c1-11(20)19-13-5-8-15(17)16(9-13)18-10-12-3-6-14(21-2)7-4-12/h3-9,18H,10H2,1-2H3,(H,19,20). The van der Waals surface area contributed by atoms with Crippen molar-refractivity contribution in [3.63, 3.8) is 0 Å². The Labute approximate surface area is 127 Å². The van der Waals surface area contributed by atoms with Gasteiger partial charge in [0.05, 0.1) is 5.69 Å². The predicted octanol–water partition coefficient (Wildman–Crippen LogP) is 4.12. The van der Waals surface area contributed by atoms with Crippen LogP contribution in [0.5, 0.6) is 0 Å². The highest BCUT2D eigenvalue weighted by Gasteiger charge is 2.04. The van der Waals surface area contributed by atoms with Crippen LogP contribution < -0.4 is 10.6 Å². The van der Waals surface area contributed by atoms with Crippen LogP contribution in [0.3, 0.4) is 0 Å². The number of thioether (sulfide) groups is 1. The van der Waals surface area contributed by atoms with Crippen LogP contribution in [0.4, 0.5) is 15.8 Å². The van der Waals surface area contributed by atoms with E-state index in [0.29, 0.717) is 17.9 Å². The normalized spacial score (nSPS) is 10.2. The van der Waals surface area contributed by atoms with Crippen molar-refractivity contribution < 1.29 is 9.18 Å². The first-order chi connectivity index (χ1) is 10.1. The number of amides is 1. The zero-order chi connectivity index (χ0) is 15.2. The van der Waals surface area contributed by atoms with Crippen LogP contribution in [-0.2, 0) is 11.3 Å². The lowest BCUT2D eigenvalue weighted by molar-refractivity contribution is -0.114. The Bertz CT molecular complexity index is 629. The third kappa shape index (κ3) is 4.49. The first-order valence-corrected chi connectivity index (χ1v) is 7.75. The van der Waals surface area contributed by atoms with E-state index in [1.165, 1.54) is 24.0 Å². The third-order valence-corrected chi connectivity index (χ3v) is 3.67. The van der Waals surface area contributed by atoms with Gasteiger partial charge < -0.3 is 10.6 Å². The highest BCUT2D eigenvalue weighted by molar-refractivity contribution is 7.98. The minimum absolute atomic E-state index is 0.180. The molecule has 0 spiro atoms. The molecule has 0 radical (unpaired) electrons. The molecule has 5 heteroatoms. The number of carbonyl (C=O) groups is 1. The second-order valence-corrected chi connectivity index (χ2v) is 5.46. The number of benzene rings is 2. The molecule has 21 heavy (non-hydrogen) atoms. The molecule has 2 aromatic rings. The van der Waals surface area contributed by atoms with Crippen molar-refractivity contribution in [2.24, 2.45) is 0 Å². The quantitative estimate of drug-likeness (QED) is 0.817. The van der Waals surface area contributed by atoms with Crippen molar-refractivity contribution in [3.05, 3.63) is 53.8 Å². The summed E-state index contributed by atoms with van der Waals surface area (Å²) < 4.78 is 13.7. The summed E-state index contributed by atoms with van der Waals surface area (Å²) >= 11 is 1.68. The molecule has 0 unspecified atom stereocenters. The van der Waals surface area contributed by atoms with E-state index in [4.69, 9.17) is 0 Å². The van der Waals surface area contributed by atoms with Crippen LogP contribution in [0.1, 0.15) is 12.5 Å². The van der Waals surface area contributed by atoms with Gasteiger partial charge in [-0.15, -0.1) is 11.8 Å². The van der Waals surface area contributed by atoms with Crippen LogP contribution >= 0.6 is 11.8 Å². The van der Waals surface area contributed by atoms with Crippen molar-refractivity contribution in [1.29, 1.82) is 0 Å². The molecule has 2 rings (SSSR count). The summed E-state index contributed by atoms with van der Waals surface area (Å²) in [6.45, 7) is 1.94. The molecule has 110 valence electrons.